The van der Waals surface area contributed by atoms with Gasteiger partial charge < -0.3 is 15.7 Å². The highest BCUT2D eigenvalue weighted by atomic mass is 16.4. The molecule has 2 fully saturated rings. The van der Waals surface area contributed by atoms with Gasteiger partial charge in [-0.05, 0) is 51.0 Å². The first-order chi connectivity index (χ1) is 9.16. The second-order valence-electron chi connectivity index (χ2n) is 5.84. The lowest BCUT2D eigenvalue weighted by atomic mass is 9.82. The summed E-state index contributed by atoms with van der Waals surface area (Å²) in [4.78, 5) is 22.8. The molecular weight excluding hydrogens is 244 g/mol. The Morgan fingerprint density at radius 2 is 1.84 bits per heavy atom. The maximum atomic E-state index is 12.0. The van der Waals surface area contributed by atoms with Crippen LogP contribution in [0.4, 0.5) is 0 Å². The molecule has 1 saturated carbocycles. The van der Waals surface area contributed by atoms with E-state index in [4.69, 9.17) is 5.11 Å². The number of carbonyl (C=O) groups is 2. The van der Waals surface area contributed by atoms with Crippen LogP contribution >= 0.6 is 0 Å². The molecular formula is C14H24N2O3. The zero-order chi connectivity index (χ0) is 13.7. The van der Waals surface area contributed by atoms with Crippen molar-refractivity contribution in [2.75, 3.05) is 19.6 Å². The van der Waals surface area contributed by atoms with Gasteiger partial charge in [0.25, 0.3) is 0 Å². The maximum absolute atomic E-state index is 12.0. The third-order valence-electron chi connectivity index (χ3n) is 4.43. The van der Waals surface area contributed by atoms with Crippen molar-refractivity contribution < 1.29 is 14.7 Å². The van der Waals surface area contributed by atoms with Crippen LogP contribution in [0.3, 0.4) is 0 Å². The molecule has 1 heterocycles. The number of hydrogen-bond donors (Lipinski definition) is 3. The molecule has 108 valence electrons. The van der Waals surface area contributed by atoms with Crippen molar-refractivity contribution in [3.63, 3.8) is 0 Å². The number of carboxylic acids is 1. The molecule has 3 N–H and O–H groups in total. The summed E-state index contributed by atoms with van der Waals surface area (Å²) in [5.74, 6) is -0.113. The highest BCUT2D eigenvalue weighted by Gasteiger charge is 2.27. The summed E-state index contributed by atoms with van der Waals surface area (Å²) in [6.07, 6.45) is 5.38. The Bertz CT molecular complexity index is 319. The van der Waals surface area contributed by atoms with E-state index in [0.717, 1.165) is 51.6 Å². The number of amides is 1. The zero-order valence-electron chi connectivity index (χ0n) is 11.4. The van der Waals surface area contributed by atoms with Crippen LogP contribution in [0.25, 0.3) is 0 Å². The van der Waals surface area contributed by atoms with Gasteiger partial charge in [0.15, 0.2) is 0 Å². The van der Waals surface area contributed by atoms with Crippen LogP contribution < -0.4 is 10.6 Å². The summed E-state index contributed by atoms with van der Waals surface area (Å²) in [7, 11) is 0. The van der Waals surface area contributed by atoms with Crippen molar-refractivity contribution in [3.8, 4) is 0 Å². The van der Waals surface area contributed by atoms with Gasteiger partial charge in [0, 0.05) is 13.1 Å². The van der Waals surface area contributed by atoms with Gasteiger partial charge in [0.05, 0.1) is 11.8 Å². The Morgan fingerprint density at radius 1 is 1.11 bits per heavy atom. The second-order valence-corrected chi connectivity index (χ2v) is 5.84. The van der Waals surface area contributed by atoms with Gasteiger partial charge in [0.2, 0.25) is 5.91 Å². The van der Waals surface area contributed by atoms with Crippen LogP contribution in [-0.4, -0.2) is 36.6 Å². The predicted octanol–water partition coefficient (Wildman–Crippen LogP) is 0.993. The number of piperidine rings is 1. The van der Waals surface area contributed by atoms with Gasteiger partial charge >= 0.3 is 5.97 Å². The zero-order valence-corrected chi connectivity index (χ0v) is 11.4. The van der Waals surface area contributed by atoms with Gasteiger partial charge in [-0.25, -0.2) is 0 Å². The molecule has 1 aliphatic carbocycles. The minimum atomic E-state index is -0.671. The normalized spacial score (nSPS) is 31.7. The third kappa shape index (κ3) is 4.20. The largest absolute Gasteiger partial charge is 0.481 e. The number of nitrogens with one attached hydrogen (secondary N) is 2. The fraction of sp³-hybridized carbons (Fsp3) is 0.857. The molecule has 19 heavy (non-hydrogen) atoms. The fourth-order valence-corrected chi connectivity index (χ4v) is 3.08. The van der Waals surface area contributed by atoms with Crippen LogP contribution in [0.2, 0.25) is 0 Å². The summed E-state index contributed by atoms with van der Waals surface area (Å²) in [5.41, 5.74) is 0. The molecule has 0 aromatic rings. The van der Waals surface area contributed by atoms with Crippen LogP contribution in [0.5, 0.6) is 0 Å². The van der Waals surface area contributed by atoms with E-state index in [-0.39, 0.29) is 17.7 Å². The molecule has 0 aromatic carbocycles. The molecule has 0 bridgehead atoms. The van der Waals surface area contributed by atoms with Crippen molar-refractivity contribution in [2.45, 2.75) is 38.5 Å². The second kappa shape index (κ2) is 6.89. The van der Waals surface area contributed by atoms with Gasteiger partial charge in [-0.3, -0.25) is 9.59 Å². The lowest BCUT2D eigenvalue weighted by molar-refractivity contribution is -0.143. The first-order valence-electron chi connectivity index (χ1n) is 7.38. The standard InChI is InChI=1S/C14H24N2O3/c17-13(12-2-1-7-15-9-12)16-8-10-3-5-11(6-4-10)14(18)19/h10-12,15H,1-9H2,(H,16,17)(H,18,19)/t10?,11?,12-/m0/s1. The van der Waals surface area contributed by atoms with E-state index in [9.17, 15) is 9.59 Å². The Labute approximate surface area is 114 Å². The quantitative estimate of drug-likeness (QED) is 0.710. The monoisotopic (exact) mass is 268 g/mol. The molecule has 1 saturated heterocycles. The molecule has 0 unspecified atom stereocenters. The van der Waals surface area contributed by atoms with Gasteiger partial charge in [-0.15, -0.1) is 0 Å². The summed E-state index contributed by atoms with van der Waals surface area (Å²) in [6, 6.07) is 0. The Morgan fingerprint density at radius 3 is 2.42 bits per heavy atom. The molecule has 1 amide bonds. The molecule has 0 radical (unpaired) electrons. The molecule has 2 rings (SSSR count). The average molecular weight is 268 g/mol. The van der Waals surface area contributed by atoms with E-state index in [1.54, 1.807) is 0 Å². The molecule has 5 nitrogen and oxygen atoms in total. The number of aliphatic carboxylic acids is 1. The highest BCUT2D eigenvalue weighted by Crippen LogP contribution is 2.28. The lowest BCUT2D eigenvalue weighted by Crippen LogP contribution is -2.42. The Hall–Kier alpha value is -1.10. The minimum absolute atomic E-state index is 0.115. The van der Waals surface area contributed by atoms with Gasteiger partial charge in [-0.2, -0.15) is 0 Å². The van der Waals surface area contributed by atoms with Crippen LogP contribution in [0.1, 0.15) is 38.5 Å². The molecule has 1 aliphatic heterocycles. The summed E-state index contributed by atoms with van der Waals surface area (Å²) < 4.78 is 0. The van der Waals surface area contributed by atoms with Crippen LogP contribution in [0.15, 0.2) is 0 Å². The molecule has 2 aliphatic rings. The smallest absolute Gasteiger partial charge is 0.306 e. The number of carbonyl (C=O) groups excluding carboxylic acids is 1. The minimum Gasteiger partial charge on any atom is -0.481 e. The van der Waals surface area contributed by atoms with E-state index in [2.05, 4.69) is 10.6 Å². The summed E-state index contributed by atoms with van der Waals surface area (Å²) >= 11 is 0. The van der Waals surface area contributed by atoms with E-state index >= 15 is 0 Å². The molecule has 0 aromatic heterocycles. The van der Waals surface area contributed by atoms with Crippen molar-refractivity contribution in [1.82, 2.24) is 10.6 Å². The van der Waals surface area contributed by atoms with Gasteiger partial charge in [0.1, 0.15) is 0 Å². The van der Waals surface area contributed by atoms with E-state index in [0.29, 0.717) is 12.5 Å². The lowest BCUT2D eigenvalue weighted by Gasteiger charge is -2.27. The van der Waals surface area contributed by atoms with E-state index < -0.39 is 5.97 Å². The summed E-state index contributed by atoms with van der Waals surface area (Å²) in [6.45, 7) is 2.52. The van der Waals surface area contributed by atoms with Crippen molar-refractivity contribution in [3.05, 3.63) is 0 Å². The van der Waals surface area contributed by atoms with Crippen LogP contribution in [0, 0.1) is 17.8 Å². The van der Waals surface area contributed by atoms with E-state index in [1.807, 2.05) is 0 Å². The topological polar surface area (TPSA) is 78.4 Å². The number of hydrogen-bond acceptors (Lipinski definition) is 3. The molecule has 0 spiro atoms. The first-order valence-corrected chi connectivity index (χ1v) is 7.38. The van der Waals surface area contributed by atoms with Crippen molar-refractivity contribution in [1.29, 1.82) is 0 Å². The number of carboxylic acid groups (broad SMARTS) is 1. The Balaban J connectivity index is 1.66. The van der Waals surface area contributed by atoms with Gasteiger partial charge in [-0.1, -0.05) is 0 Å². The number of rotatable bonds is 4. The molecule has 1 atom stereocenters. The highest BCUT2D eigenvalue weighted by molar-refractivity contribution is 5.79. The fourth-order valence-electron chi connectivity index (χ4n) is 3.08. The maximum Gasteiger partial charge on any atom is 0.306 e. The van der Waals surface area contributed by atoms with E-state index in [1.165, 1.54) is 0 Å². The molecule has 5 heteroatoms. The predicted molar refractivity (Wildman–Crippen MR) is 71.7 cm³/mol. The third-order valence-corrected chi connectivity index (χ3v) is 4.43. The first kappa shape index (κ1) is 14.3. The van der Waals surface area contributed by atoms with Crippen molar-refractivity contribution >= 4 is 11.9 Å². The van der Waals surface area contributed by atoms with Crippen molar-refractivity contribution in [2.24, 2.45) is 17.8 Å². The Kier molecular flexibility index (Phi) is 5.19. The summed E-state index contributed by atoms with van der Waals surface area (Å²) in [5, 5.41) is 15.2. The average Bonchev–Trinajstić information content (AvgIpc) is 2.46. The van der Waals surface area contributed by atoms with Crippen LogP contribution in [-0.2, 0) is 9.59 Å². The SMILES string of the molecule is O=C(O)C1CCC(CNC(=O)[C@H]2CCCNC2)CC1.